The van der Waals surface area contributed by atoms with E-state index in [9.17, 15) is 13.2 Å². The Labute approximate surface area is 177 Å². The molecule has 1 aromatic carbocycles. The maximum absolute atomic E-state index is 11.9. The highest BCUT2D eigenvalue weighted by molar-refractivity contribution is 7.98. The number of amides is 1. The molecule has 1 amide bonds. The van der Waals surface area contributed by atoms with Gasteiger partial charge in [-0.2, -0.15) is 0 Å². The Morgan fingerprint density at radius 1 is 1.24 bits per heavy atom. The lowest BCUT2D eigenvalue weighted by molar-refractivity contribution is -0.138. The van der Waals surface area contributed by atoms with Crippen molar-refractivity contribution in [3.05, 3.63) is 41.7 Å². The minimum atomic E-state index is -2.77. The van der Waals surface area contributed by atoms with Crippen molar-refractivity contribution in [2.24, 2.45) is 5.41 Å². The lowest BCUT2D eigenvalue weighted by atomic mass is 9.87. The molecule has 0 aliphatic rings. The number of thioether (sulfide) groups is 1. The zero-order valence-electron chi connectivity index (χ0n) is 17.1. The summed E-state index contributed by atoms with van der Waals surface area (Å²) in [6, 6.07) is 8.28. The summed E-state index contributed by atoms with van der Waals surface area (Å²) in [6.07, 6.45) is 1.99. The number of nitrogens with zero attached hydrogens (tertiary/aromatic N) is 3. The molecule has 8 nitrogen and oxygen atoms in total. The van der Waals surface area contributed by atoms with Gasteiger partial charge in [-0.15, -0.1) is 16.9 Å². The predicted molar refractivity (Wildman–Crippen MR) is 113 cm³/mol. The Hall–Kier alpha value is -1.91. The number of aromatic nitrogens is 3. The van der Waals surface area contributed by atoms with E-state index in [1.165, 1.54) is 17.4 Å². The number of aryl methyl sites for hydroxylation is 1. The smallest absolute Gasteiger partial charge is 0.250 e. The van der Waals surface area contributed by atoms with Crippen molar-refractivity contribution in [2.75, 3.05) is 5.75 Å². The fraction of sp³-hybridized carbons (Fsp3) is 0.526. The van der Waals surface area contributed by atoms with Gasteiger partial charge in [-0.1, -0.05) is 44.2 Å². The molecule has 0 bridgehead atoms. The molecular weight excluding hydrogens is 412 g/mol. The van der Waals surface area contributed by atoms with E-state index >= 15 is 0 Å². The van der Waals surface area contributed by atoms with E-state index in [0.29, 0.717) is 12.3 Å². The van der Waals surface area contributed by atoms with Crippen molar-refractivity contribution >= 4 is 28.4 Å². The summed E-state index contributed by atoms with van der Waals surface area (Å²) in [4.78, 5) is 13.1. The summed E-state index contributed by atoms with van der Waals surface area (Å²) in [5.41, 5.74) is 2.42. The Kier molecular flexibility index (Phi) is 7.84. The predicted octanol–water partition coefficient (Wildman–Crippen LogP) is 2.38. The maximum atomic E-state index is 11.9. The molecule has 10 heteroatoms. The molecule has 1 unspecified atom stereocenters. The van der Waals surface area contributed by atoms with Gasteiger partial charge in [0.25, 0.3) is 0 Å². The average molecular weight is 441 g/mol. The number of hydrogen-bond acceptors (Lipinski definition) is 7. The minimum Gasteiger partial charge on any atom is -0.289 e. The molecule has 0 saturated carbocycles. The van der Waals surface area contributed by atoms with Crippen molar-refractivity contribution < 1.29 is 18.4 Å². The standard InChI is InChI=1S/C19H28N4O4S2/c1-18(2,3)15-7-5-6-8-16(15)28-12-14-11-23(22-20-14)10-9-19(4,13-29(26)27)17(24)21-25/h5-8,11,25,29H,9-10,12-13H2,1-4H3,(H,21,24). The second kappa shape index (κ2) is 9.73. The summed E-state index contributed by atoms with van der Waals surface area (Å²) >= 11 is 1.69. The first kappa shape index (κ1) is 23.4. The van der Waals surface area contributed by atoms with Crippen LogP contribution in [0.25, 0.3) is 0 Å². The molecule has 1 heterocycles. The number of hydroxylamine groups is 1. The van der Waals surface area contributed by atoms with Gasteiger partial charge in [0.15, 0.2) is 0 Å². The summed E-state index contributed by atoms with van der Waals surface area (Å²) < 4.78 is 23.8. The Bertz CT molecular complexity index is 913. The number of thiol groups is 1. The molecule has 0 spiro atoms. The second-order valence-electron chi connectivity index (χ2n) is 8.25. The monoisotopic (exact) mass is 440 g/mol. The van der Waals surface area contributed by atoms with Crippen LogP contribution in [0.2, 0.25) is 0 Å². The molecule has 2 aromatic rings. The van der Waals surface area contributed by atoms with Crippen LogP contribution in [0.5, 0.6) is 0 Å². The van der Waals surface area contributed by atoms with Crippen molar-refractivity contribution in [3.8, 4) is 0 Å². The molecule has 1 aromatic heterocycles. The lowest BCUT2D eigenvalue weighted by Gasteiger charge is -2.24. The number of carbonyl (C=O) groups excluding carboxylic acids is 1. The highest BCUT2D eigenvalue weighted by atomic mass is 32.2. The van der Waals surface area contributed by atoms with Crippen molar-refractivity contribution in [2.45, 2.75) is 56.7 Å². The van der Waals surface area contributed by atoms with Crippen LogP contribution in [0.1, 0.15) is 45.4 Å². The second-order valence-corrected chi connectivity index (χ2v) is 10.2. The van der Waals surface area contributed by atoms with Crippen LogP contribution < -0.4 is 5.48 Å². The van der Waals surface area contributed by atoms with Gasteiger partial charge in [-0.3, -0.25) is 14.7 Å². The molecule has 160 valence electrons. The van der Waals surface area contributed by atoms with Gasteiger partial charge in [-0.25, -0.2) is 13.9 Å². The average Bonchev–Trinajstić information content (AvgIpc) is 3.11. The Morgan fingerprint density at radius 3 is 2.55 bits per heavy atom. The number of rotatable bonds is 9. The van der Waals surface area contributed by atoms with Crippen LogP contribution >= 0.6 is 11.8 Å². The highest BCUT2D eigenvalue weighted by Crippen LogP contribution is 2.33. The van der Waals surface area contributed by atoms with Crippen LogP contribution in [0.3, 0.4) is 0 Å². The van der Waals surface area contributed by atoms with Crippen LogP contribution in [-0.4, -0.2) is 40.3 Å². The molecular formula is C19H28N4O4S2. The van der Waals surface area contributed by atoms with Crippen LogP contribution in [0, 0.1) is 5.41 Å². The lowest BCUT2D eigenvalue weighted by Crippen LogP contribution is -2.41. The van der Waals surface area contributed by atoms with Crippen LogP contribution in [0.15, 0.2) is 35.4 Å². The molecule has 1 atom stereocenters. The number of benzene rings is 1. The fourth-order valence-corrected chi connectivity index (χ4v) is 4.94. The van der Waals surface area contributed by atoms with Gasteiger partial charge in [0.05, 0.1) is 16.9 Å². The molecule has 2 N–H and O–H groups in total. The summed E-state index contributed by atoms with van der Waals surface area (Å²) in [6.45, 7) is 8.35. The van der Waals surface area contributed by atoms with Gasteiger partial charge in [0.2, 0.25) is 5.91 Å². The third kappa shape index (κ3) is 6.55. The van der Waals surface area contributed by atoms with Crippen LogP contribution in [0.4, 0.5) is 0 Å². The zero-order valence-corrected chi connectivity index (χ0v) is 18.8. The first-order chi connectivity index (χ1) is 13.5. The highest BCUT2D eigenvalue weighted by Gasteiger charge is 2.34. The molecule has 2 rings (SSSR count). The molecule has 29 heavy (non-hydrogen) atoms. The molecule has 0 aliphatic carbocycles. The quantitative estimate of drug-likeness (QED) is 0.237. The summed E-state index contributed by atoms with van der Waals surface area (Å²) in [7, 11) is -2.77. The van der Waals surface area contributed by atoms with E-state index in [4.69, 9.17) is 5.21 Å². The van der Waals surface area contributed by atoms with Crippen molar-refractivity contribution in [3.63, 3.8) is 0 Å². The molecule has 0 saturated heterocycles. The van der Waals surface area contributed by atoms with E-state index in [-0.39, 0.29) is 17.6 Å². The van der Waals surface area contributed by atoms with E-state index < -0.39 is 22.0 Å². The SMILES string of the molecule is CC(CCn1cc(CSc2ccccc2C(C)(C)C)nn1)(C[SH](=O)=O)C(=O)NO. The van der Waals surface area contributed by atoms with Crippen molar-refractivity contribution in [1.82, 2.24) is 20.5 Å². The normalized spacial score (nSPS) is 14.0. The fourth-order valence-electron chi connectivity index (χ4n) is 2.92. The third-order valence-electron chi connectivity index (χ3n) is 4.68. The Morgan fingerprint density at radius 2 is 1.93 bits per heavy atom. The number of hydrogen-bond donors (Lipinski definition) is 3. The van der Waals surface area contributed by atoms with E-state index in [1.807, 2.05) is 12.1 Å². The largest absolute Gasteiger partial charge is 0.289 e. The van der Waals surface area contributed by atoms with Gasteiger partial charge in [0.1, 0.15) is 10.7 Å². The van der Waals surface area contributed by atoms with Crippen LogP contribution in [-0.2, 0) is 33.2 Å². The minimum absolute atomic E-state index is 0.0431. The molecule has 0 radical (unpaired) electrons. The number of nitrogens with one attached hydrogen (secondary N) is 1. The van der Waals surface area contributed by atoms with Crippen molar-refractivity contribution in [1.29, 1.82) is 0 Å². The summed E-state index contributed by atoms with van der Waals surface area (Å²) in [5.74, 6) is -0.435. The topological polar surface area (TPSA) is 114 Å². The molecule has 0 aliphatic heterocycles. The summed E-state index contributed by atoms with van der Waals surface area (Å²) in [5, 5.41) is 17.2. The first-order valence-electron chi connectivity index (χ1n) is 9.23. The Balaban J connectivity index is 2.02. The first-order valence-corrected chi connectivity index (χ1v) is 11.6. The van der Waals surface area contributed by atoms with Gasteiger partial charge >= 0.3 is 0 Å². The van der Waals surface area contributed by atoms with E-state index in [0.717, 1.165) is 5.69 Å². The maximum Gasteiger partial charge on any atom is 0.250 e. The van der Waals surface area contributed by atoms with Gasteiger partial charge in [-0.05, 0) is 30.4 Å². The molecule has 0 fully saturated rings. The van der Waals surface area contributed by atoms with Gasteiger partial charge in [0, 0.05) is 23.4 Å². The van der Waals surface area contributed by atoms with Gasteiger partial charge < -0.3 is 0 Å². The van der Waals surface area contributed by atoms with E-state index in [2.05, 4.69) is 43.2 Å². The van der Waals surface area contributed by atoms with E-state index in [1.54, 1.807) is 28.1 Å². The zero-order chi connectivity index (χ0) is 21.7. The number of carbonyl (C=O) groups is 1. The third-order valence-corrected chi connectivity index (χ3v) is 6.74.